The van der Waals surface area contributed by atoms with Crippen LogP contribution >= 0.6 is 12.4 Å². The third-order valence-corrected chi connectivity index (χ3v) is 4.90. The Balaban J connectivity index is 0.00000280. The lowest BCUT2D eigenvalue weighted by Crippen LogP contribution is -2.41. The predicted octanol–water partition coefficient (Wildman–Crippen LogP) is 2.93. The Hall–Kier alpha value is -2.44. The van der Waals surface area contributed by atoms with Crippen molar-refractivity contribution in [3.05, 3.63) is 71.0 Å². The Kier molecular flexibility index (Phi) is 7.54. The van der Waals surface area contributed by atoms with E-state index in [1.54, 1.807) is 21.9 Å². The van der Waals surface area contributed by atoms with E-state index in [-0.39, 0.29) is 29.8 Å². The molecule has 0 aromatic heterocycles. The zero-order valence-electron chi connectivity index (χ0n) is 15.8. The lowest BCUT2D eigenvalue weighted by molar-refractivity contribution is -0.132. The van der Waals surface area contributed by atoms with Crippen molar-refractivity contribution in [3.63, 3.8) is 0 Å². The van der Waals surface area contributed by atoms with E-state index >= 15 is 0 Å². The van der Waals surface area contributed by atoms with E-state index < -0.39 is 11.9 Å². The molecule has 0 radical (unpaired) electrons. The van der Waals surface area contributed by atoms with Crippen LogP contribution in [0.3, 0.4) is 0 Å². The fourth-order valence-electron chi connectivity index (χ4n) is 3.26. The molecule has 0 bridgehead atoms. The highest BCUT2D eigenvalue weighted by Gasteiger charge is 2.27. The molecule has 1 aliphatic rings. The predicted molar refractivity (Wildman–Crippen MR) is 109 cm³/mol. The molecule has 1 unspecified atom stereocenters. The first kappa shape index (κ1) is 21.9. The van der Waals surface area contributed by atoms with E-state index in [0.717, 1.165) is 11.1 Å². The molecule has 2 amide bonds. The van der Waals surface area contributed by atoms with Gasteiger partial charge in [0.2, 0.25) is 5.91 Å². The minimum absolute atomic E-state index is 0. The van der Waals surface area contributed by atoms with E-state index in [9.17, 15) is 14.0 Å². The zero-order valence-corrected chi connectivity index (χ0v) is 16.6. The maximum Gasteiger partial charge on any atom is 0.256 e. The van der Waals surface area contributed by atoms with E-state index in [0.29, 0.717) is 32.6 Å². The van der Waals surface area contributed by atoms with Crippen molar-refractivity contribution in [3.8, 4) is 0 Å². The van der Waals surface area contributed by atoms with Crippen molar-refractivity contribution in [2.75, 3.05) is 26.2 Å². The quantitative estimate of drug-likeness (QED) is 0.853. The standard InChI is InChI=1S/C21H24FN3O2.ClH/c1-15-7-9-16(10-8-15)19(23)21(27)25-12-4-11-24(13-14-25)20(26)17-5-2-3-6-18(17)22;/h2-3,5-10,19H,4,11-14,23H2,1H3;1H. The lowest BCUT2D eigenvalue weighted by Gasteiger charge is -2.25. The molecule has 28 heavy (non-hydrogen) atoms. The summed E-state index contributed by atoms with van der Waals surface area (Å²) >= 11 is 0. The number of hydrogen-bond donors (Lipinski definition) is 1. The highest BCUT2D eigenvalue weighted by molar-refractivity contribution is 5.94. The van der Waals surface area contributed by atoms with Crippen molar-refractivity contribution >= 4 is 24.2 Å². The summed E-state index contributed by atoms with van der Waals surface area (Å²) in [5.41, 5.74) is 8.10. The van der Waals surface area contributed by atoms with Gasteiger partial charge in [-0.25, -0.2) is 4.39 Å². The van der Waals surface area contributed by atoms with Crippen LogP contribution in [-0.4, -0.2) is 47.8 Å². The number of nitrogens with zero attached hydrogens (tertiary/aromatic N) is 2. The average molecular weight is 406 g/mol. The van der Waals surface area contributed by atoms with E-state index in [1.165, 1.54) is 12.1 Å². The topological polar surface area (TPSA) is 66.6 Å². The number of hydrogen-bond acceptors (Lipinski definition) is 3. The highest BCUT2D eigenvalue weighted by Crippen LogP contribution is 2.17. The first-order valence-electron chi connectivity index (χ1n) is 9.12. The van der Waals surface area contributed by atoms with Crippen LogP contribution in [0.15, 0.2) is 48.5 Å². The van der Waals surface area contributed by atoms with E-state index in [1.807, 2.05) is 31.2 Å². The number of carbonyl (C=O) groups is 2. The molecule has 3 rings (SSSR count). The molecule has 0 aliphatic carbocycles. The van der Waals surface area contributed by atoms with Gasteiger partial charge in [0.1, 0.15) is 11.9 Å². The fraction of sp³-hybridized carbons (Fsp3) is 0.333. The maximum atomic E-state index is 13.9. The first-order chi connectivity index (χ1) is 13.0. The summed E-state index contributed by atoms with van der Waals surface area (Å²) in [6.45, 7) is 3.74. The van der Waals surface area contributed by atoms with Crippen LogP contribution in [0.25, 0.3) is 0 Å². The monoisotopic (exact) mass is 405 g/mol. The molecule has 2 N–H and O–H groups in total. The van der Waals surface area contributed by atoms with Crippen LogP contribution in [0, 0.1) is 12.7 Å². The molecular formula is C21H25ClFN3O2. The number of aryl methyl sites for hydroxylation is 1. The Labute approximate surface area is 170 Å². The van der Waals surface area contributed by atoms with Crippen LogP contribution in [0.5, 0.6) is 0 Å². The summed E-state index contributed by atoms with van der Waals surface area (Å²) in [4.78, 5) is 28.7. The number of amides is 2. The van der Waals surface area contributed by atoms with Gasteiger partial charge in [-0.15, -0.1) is 12.4 Å². The van der Waals surface area contributed by atoms with E-state index in [4.69, 9.17) is 5.73 Å². The fourth-order valence-corrected chi connectivity index (χ4v) is 3.26. The van der Waals surface area contributed by atoms with Crippen LogP contribution in [0.1, 0.15) is 33.9 Å². The largest absolute Gasteiger partial charge is 0.339 e. The van der Waals surface area contributed by atoms with Gasteiger partial charge in [0.05, 0.1) is 5.56 Å². The third-order valence-electron chi connectivity index (χ3n) is 4.90. The van der Waals surface area contributed by atoms with Gasteiger partial charge >= 0.3 is 0 Å². The molecule has 1 heterocycles. The molecule has 1 fully saturated rings. The highest BCUT2D eigenvalue weighted by atomic mass is 35.5. The Morgan fingerprint density at radius 2 is 1.57 bits per heavy atom. The van der Waals surface area contributed by atoms with Gasteiger partial charge in [-0.3, -0.25) is 9.59 Å². The molecule has 1 atom stereocenters. The van der Waals surface area contributed by atoms with Gasteiger partial charge in [-0.1, -0.05) is 42.0 Å². The lowest BCUT2D eigenvalue weighted by atomic mass is 10.0. The summed E-state index contributed by atoms with van der Waals surface area (Å²) in [6.07, 6.45) is 0.631. The normalized spacial score (nSPS) is 15.4. The number of halogens is 2. The molecule has 0 saturated carbocycles. The van der Waals surface area contributed by atoms with Crippen molar-refractivity contribution in [1.29, 1.82) is 0 Å². The minimum Gasteiger partial charge on any atom is -0.339 e. The molecule has 5 nitrogen and oxygen atoms in total. The second kappa shape index (κ2) is 9.66. The maximum absolute atomic E-state index is 13.9. The summed E-state index contributed by atoms with van der Waals surface area (Å²) in [6, 6.07) is 12.8. The first-order valence-corrected chi connectivity index (χ1v) is 9.12. The average Bonchev–Trinajstić information content (AvgIpc) is 2.93. The van der Waals surface area contributed by atoms with E-state index in [2.05, 4.69) is 0 Å². The van der Waals surface area contributed by atoms with Crippen LogP contribution in [-0.2, 0) is 4.79 Å². The third kappa shape index (κ3) is 4.88. The van der Waals surface area contributed by atoms with Gasteiger partial charge in [0.15, 0.2) is 0 Å². The van der Waals surface area contributed by atoms with Crippen LogP contribution < -0.4 is 5.73 Å². The Morgan fingerprint density at radius 3 is 2.25 bits per heavy atom. The number of nitrogens with two attached hydrogens (primary N) is 1. The molecule has 2 aromatic carbocycles. The van der Waals surface area contributed by atoms with Crippen molar-refractivity contribution < 1.29 is 14.0 Å². The van der Waals surface area contributed by atoms with Crippen LogP contribution in [0.4, 0.5) is 4.39 Å². The summed E-state index contributed by atoms with van der Waals surface area (Å²) in [5.74, 6) is -1.02. The van der Waals surface area contributed by atoms with Gasteiger partial charge in [-0.05, 0) is 31.0 Å². The van der Waals surface area contributed by atoms with Gasteiger partial charge < -0.3 is 15.5 Å². The van der Waals surface area contributed by atoms with Crippen molar-refractivity contribution in [2.24, 2.45) is 5.73 Å². The zero-order chi connectivity index (χ0) is 19.4. The molecular weight excluding hydrogens is 381 g/mol. The van der Waals surface area contributed by atoms with Crippen molar-refractivity contribution in [2.45, 2.75) is 19.4 Å². The SMILES string of the molecule is Cc1ccc(C(N)C(=O)N2CCCN(C(=O)c3ccccc3F)CC2)cc1.Cl. The number of benzene rings is 2. The molecule has 0 spiro atoms. The molecule has 2 aromatic rings. The molecule has 1 aliphatic heterocycles. The summed E-state index contributed by atoms with van der Waals surface area (Å²) in [7, 11) is 0. The molecule has 150 valence electrons. The van der Waals surface area contributed by atoms with Gasteiger partial charge in [-0.2, -0.15) is 0 Å². The Bertz CT molecular complexity index is 829. The van der Waals surface area contributed by atoms with Crippen molar-refractivity contribution in [1.82, 2.24) is 9.80 Å². The van der Waals surface area contributed by atoms with Gasteiger partial charge in [0.25, 0.3) is 5.91 Å². The second-order valence-electron chi connectivity index (χ2n) is 6.84. The molecule has 1 saturated heterocycles. The second-order valence-corrected chi connectivity index (χ2v) is 6.84. The minimum atomic E-state index is -0.723. The van der Waals surface area contributed by atoms with Gasteiger partial charge in [0, 0.05) is 26.2 Å². The number of rotatable bonds is 3. The number of carbonyl (C=O) groups excluding carboxylic acids is 2. The Morgan fingerprint density at radius 1 is 0.964 bits per heavy atom. The summed E-state index contributed by atoms with van der Waals surface area (Å²) < 4.78 is 13.9. The van der Waals surface area contributed by atoms with Crippen LogP contribution in [0.2, 0.25) is 0 Å². The summed E-state index contributed by atoms with van der Waals surface area (Å²) in [5, 5.41) is 0. The molecule has 7 heteroatoms. The smallest absolute Gasteiger partial charge is 0.256 e.